The van der Waals surface area contributed by atoms with Crippen LogP contribution < -0.4 is 0 Å². The number of halogens is 1. The Morgan fingerprint density at radius 2 is 1.96 bits per heavy atom. The minimum absolute atomic E-state index is 0.0826. The molecule has 6 nitrogen and oxygen atoms in total. The second-order valence-electron chi connectivity index (χ2n) is 5.40. The number of hydrogen-bond acceptors (Lipinski definition) is 5. The first kappa shape index (κ1) is 19.0. The number of pyridine rings is 1. The predicted octanol–water partition coefficient (Wildman–Crippen LogP) is 2.02. The molecule has 1 aromatic carbocycles. The van der Waals surface area contributed by atoms with Crippen molar-refractivity contribution < 1.29 is 22.3 Å². The number of aryl methyl sites for hydroxylation is 1. The molecule has 2 aromatic rings. The molecule has 0 saturated carbocycles. The van der Waals surface area contributed by atoms with Gasteiger partial charge in [-0.1, -0.05) is 6.07 Å². The van der Waals surface area contributed by atoms with E-state index in [0.29, 0.717) is 12.8 Å². The number of ether oxygens (including phenoxy) is 1. The Hall–Kier alpha value is -2.32. The van der Waals surface area contributed by atoms with Gasteiger partial charge in [-0.3, -0.25) is 9.78 Å². The highest BCUT2D eigenvalue weighted by Crippen LogP contribution is 2.14. The standard InChI is InChI=1S/C17H19FN2O4S/c1-20(25(22,23)16-8-6-15(18)7-9-16)13-17(21)24-11-3-5-14-4-2-10-19-12-14/h2,4,6-10,12H,3,5,11,13H2,1H3. The summed E-state index contributed by atoms with van der Waals surface area (Å²) in [5, 5.41) is 0. The molecule has 0 atom stereocenters. The van der Waals surface area contributed by atoms with Gasteiger partial charge in [0, 0.05) is 19.4 Å². The summed E-state index contributed by atoms with van der Waals surface area (Å²) in [4.78, 5) is 15.7. The topological polar surface area (TPSA) is 76.6 Å². The van der Waals surface area contributed by atoms with E-state index >= 15 is 0 Å². The molecule has 0 saturated heterocycles. The Morgan fingerprint density at radius 1 is 1.24 bits per heavy atom. The predicted molar refractivity (Wildman–Crippen MR) is 89.7 cm³/mol. The molecule has 0 radical (unpaired) electrons. The first-order chi connectivity index (χ1) is 11.9. The fourth-order valence-corrected chi connectivity index (χ4v) is 3.22. The molecule has 8 heteroatoms. The van der Waals surface area contributed by atoms with Crippen molar-refractivity contribution in [2.45, 2.75) is 17.7 Å². The number of hydrogen-bond donors (Lipinski definition) is 0. The number of aromatic nitrogens is 1. The van der Waals surface area contributed by atoms with Crippen LogP contribution in [0.15, 0.2) is 53.7 Å². The first-order valence-corrected chi connectivity index (χ1v) is 9.10. The van der Waals surface area contributed by atoms with Gasteiger partial charge in [-0.25, -0.2) is 12.8 Å². The fraction of sp³-hybridized carbons (Fsp3) is 0.294. The normalized spacial score (nSPS) is 11.5. The maximum Gasteiger partial charge on any atom is 0.321 e. The molecule has 25 heavy (non-hydrogen) atoms. The van der Waals surface area contributed by atoms with E-state index < -0.39 is 28.4 Å². The molecule has 0 aliphatic heterocycles. The van der Waals surface area contributed by atoms with Crippen LogP contribution in [0.3, 0.4) is 0 Å². The molecule has 2 rings (SSSR count). The summed E-state index contributed by atoms with van der Waals surface area (Å²) < 4.78 is 43.4. The van der Waals surface area contributed by atoms with E-state index in [9.17, 15) is 17.6 Å². The van der Waals surface area contributed by atoms with Crippen LogP contribution in [0, 0.1) is 5.82 Å². The Morgan fingerprint density at radius 3 is 2.60 bits per heavy atom. The van der Waals surface area contributed by atoms with E-state index in [4.69, 9.17) is 4.74 Å². The van der Waals surface area contributed by atoms with E-state index in [2.05, 4.69) is 4.98 Å². The van der Waals surface area contributed by atoms with Gasteiger partial charge < -0.3 is 4.74 Å². The second-order valence-corrected chi connectivity index (χ2v) is 7.45. The zero-order valence-corrected chi connectivity index (χ0v) is 14.6. The molecular weight excluding hydrogens is 347 g/mol. The van der Waals surface area contributed by atoms with E-state index in [1.807, 2.05) is 12.1 Å². The van der Waals surface area contributed by atoms with Gasteiger partial charge in [-0.15, -0.1) is 0 Å². The van der Waals surface area contributed by atoms with Gasteiger partial charge in [0.15, 0.2) is 0 Å². The molecule has 0 spiro atoms. The van der Waals surface area contributed by atoms with Crippen LogP contribution in [0.2, 0.25) is 0 Å². The number of esters is 1. The van der Waals surface area contributed by atoms with Crippen LogP contribution >= 0.6 is 0 Å². The molecular formula is C17H19FN2O4S. The minimum Gasteiger partial charge on any atom is -0.465 e. The van der Waals surface area contributed by atoms with Crippen LogP contribution in [0.25, 0.3) is 0 Å². The lowest BCUT2D eigenvalue weighted by molar-refractivity contribution is -0.143. The van der Waals surface area contributed by atoms with Gasteiger partial charge in [0.05, 0.1) is 11.5 Å². The van der Waals surface area contributed by atoms with Gasteiger partial charge in [-0.05, 0) is 48.7 Å². The fourth-order valence-electron chi connectivity index (χ4n) is 2.11. The number of nitrogens with zero attached hydrogens (tertiary/aromatic N) is 2. The Kier molecular flexibility index (Phi) is 6.60. The third-order valence-corrected chi connectivity index (χ3v) is 5.29. The number of carbonyl (C=O) groups excluding carboxylic acids is 1. The van der Waals surface area contributed by atoms with Crippen molar-refractivity contribution in [3.63, 3.8) is 0 Å². The Labute approximate surface area is 146 Å². The molecule has 0 N–H and O–H groups in total. The van der Waals surface area contributed by atoms with E-state index in [1.165, 1.54) is 7.05 Å². The third kappa shape index (κ3) is 5.61. The number of carbonyl (C=O) groups is 1. The first-order valence-electron chi connectivity index (χ1n) is 7.66. The molecule has 0 aliphatic carbocycles. The highest BCUT2D eigenvalue weighted by Gasteiger charge is 2.23. The summed E-state index contributed by atoms with van der Waals surface area (Å²) in [6.45, 7) is -0.217. The quantitative estimate of drug-likeness (QED) is 0.528. The van der Waals surface area contributed by atoms with Crippen molar-refractivity contribution in [1.29, 1.82) is 0 Å². The van der Waals surface area contributed by atoms with Gasteiger partial charge in [0.25, 0.3) is 0 Å². The van der Waals surface area contributed by atoms with Crippen molar-refractivity contribution in [3.8, 4) is 0 Å². The molecule has 134 valence electrons. The van der Waals surface area contributed by atoms with Crippen LogP contribution in [-0.2, 0) is 26.0 Å². The number of rotatable bonds is 8. The summed E-state index contributed by atoms with van der Waals surface area (Å²) in [5.74, 6) is -1.17. The minimum atomic E-state index is -3.87. The van der Waals surface area contributed by atoms with Crippen LogP contribution in [0.5, 0.6) is 0 Å². The lowest BCUT2D eigenvalue weighted by atomic mass is 10.2. The van der Waals surface area contributed by atoms with Gasteiger partial charge in [-0.2, -0.15) is 4.31 Å². The van der Waals surface area contributed by atoms with E-state index in [1.54, 1.807) is 12.4 Å². The maximum absolute atomic E-state index is 12.9. The number of sulfonamides is 1. The van der Waals surface area contributed by atoms with Crippen molar-refractivity contribution in [2.75, 3.05) is 20.2 Å². The Balaban J connectivity index is 1.80. The summed E-state index contributed by atoms with van der Waals surface area (Å²) in [6, 6.07) is 8.17. The van der Waals surface area contributed by atoms with Gasteiger partial charge in [0.2, 0.25) is 10.0 Å². The monoisotopic (exact) mass is 366 g/mol. The lowest BCUT2D eigenvalue weighted by Gasteiger charge is -2.16. The summed E-state index contributed by atoms with van der Waals surface area (Å²) >= 11 is 0. The van der Waals surface area contributed by atoms with Crippen LogP contribution in [-0.4, -0.2) is 43.9 Å². The smallest absolute Gasteiger partial charge is 0.321 e. The molecule has 0 unspecified atom stereocenters. The summed E-state index contributed by atoms with van der Waals surface area (Å²) in [7, 11) is -2.59. The second kappa shape index (κ2) is 8.68. The molecule has 1 heterocycles. The van der Waals surface area contributed by atoms with Gasteiger partial charge >= 0.3 is 5.97 Å². The number of likely N-dealkylation sites (N-methyl/N-ethyl adjacent to an activating group) is 1. The van der Waals surface area contributed by atoms with E-state index in [0.717, 1.165) is 34.1 Å². The average molecular weight is 366 g/mol. The van der Waals surface area contributed by atoms with Crippen molar-refractivity contribution in [1.82, 2.24) is 9.29 Å². The highest BCUT2D eigenvalue weighted by atomic mass is 32.2. The summed E-state index contributed by atoms with van der Waals surface area (Å²) in [5.41, 5.74) is 1.04. The SMILES string of the molecule is CN(CC(=O)OCCCc1cccnc1)S(=O)(=O)c1ccc(F)cc1. The Bertz CT molecular complexity index is 795. The van der Waals surface area contributed by atoms with Crippen LogP contribution in [0.4, 0.5) is 4.39 Å². The zero-order chi connectivity index (χ0) is 18.3. The molecule has 0 fully saturated rings. The summed E-state index contributed by atoms with van der Waals surface area (Å²) in [6.07, 6.45) is 4.75. The highest BCUT2D eigenvalue weighted by molar-refractivity contribution is 7.89. The maximum atomic E-state index is 12.9. The van der Waals surface area contributed by atoms with Crippen molar-refractivity contribution in [3.05, 3.63) is 60.2 Å². The van der Waals surface area contributed by atoms with Crippen molar-refractivity contribution >= 4 is 16.0 Å². The average Bonchev–Trinajstić information content (AvgIpc) is 2.60. The number of benzene rings is 1. The lowest BCUT2D eigenvalue weighted by Crippen LogP contribution is -2.33. The van der Waals surface area contributed by atoms with Crippen LogP contribution in [0.1, 0.15) is 12.0 Å². The third-order valence-electron chi connectivity index (χ3n) is 3.47. The van der Waals surface area contributed by atoms with E-state index in [-0.39, 0.29) is 11.5 Å². The molecule has 0 bridgehead atoms. The molecule has 0 aliphatic rings. The largest absolute Gasteiger partial charge is 0.465 e. The molecule has 0 amide bonds. The van der Waals surface area contributed by atoms with Crippen molar-refractivity contribution in [2.24, 2.45) is 0 Å². The zero-order valence-electron chi connectivity index (χ0n) is 13.8. The molecule has 1 aromatic heterocycles. The van der Waals surface area contributed by atoms with Gasteiger partial charge in [0.1, 0.15) is 12.4 Å².